The number of hydrogen-bond donors (Lipinski definition) is 0. The van der Waals surface area contributed by atoms with Crippen molar-refractivity contribution in [2.75, 3.05) is 51.7 Å². The van der Waals surface area contributed by atoms with Gasteiger partial charge >= 0.3 is 0 Å². The second-order valence-electron chi connectivity index (χ2n) is 7.86. The maximum Gasteiger partial charge on any atom is 0.126 e. The van der Waals surface area contributed by atoms with Crippen molar-refractivity contribution < 1.29 is 8.78 Å². The molecule has 1 fully saturated rings. The van der Waals surface area contributed by atoms with Gasteiger partial charge in [-0.2, -0.15) is 0 Å². The molecule has 0 aromatic heterocycles. The molecule has 0 N–H and O–H groups in total. The number of nitrogens with zero attached hydrogens (tertiary/aromatic N) is 3. The third-order valence-electron chi connectivity index (χ3n) is 5.89. The van der Waals surface area contributed by atoms with Gasteiger partial charge in [-0.15, -0.1) is 0 Å². The molecule has 5 heteroatoms. The third kappa shape index (κ3) is 3.85. The Bertz CT molecular complexity index is 795. The van der Waals surface area contributed by atoms with Gasteiger partial charge in [0.1, 0.15) is 11.6 Å². The van der Waals surface area contributed by atoms with E-state index >= 15 is 0 Å². The van der Waals surface area contributed by atoms with E-state index in [2.05, 4.69) is 39.9 Å². The fourth-order valence-corrected chi connectivity index (χ4v) is 4.38. The number of piperazine rings is 1. The average molecular weight is 371 g/mol. The molecule has 2 aromatic rings. The van der Waals surface area contributed by atoms with Gasteiger partial charge in [0.15, 0.2) is 0 Å². The quantitative estimate of drug-likeness (QED) is 0.797. The lowest BCUT2D eigenvalue weighted by atomic mass is 9.92. The molecular weight excluding hydrogens is 344 g/mol. The Morgan fingerprint density at radius 1 is 0.852 bits per heavy atom. The first-order valence-corrected chi connectivity index (χ1v) is 9.74. The molecule has 0 radical (unpaired) electrons. The highest BCUT2D eigenvalue weighted by Gasteiger charge is 2.27. The van der Waals surface area contributed by atoms with Gasteiger partial charge in [-0.1, -0.05) is 6.07 Å². The van der Waals surface area contributed by atoms with E-state index in [4.69, 9.17) is 0 Å². The Hall–Kier alpha value is -1.98. The molecule has 1 unspecified atom stereocenters. The van der Waals surface area contributed by atoms with Gasteiger partial charge < -0.3 is 9.80 Å². The Balaban J connectivity index is 1.75. The molecule has 1 saturated heterocycles. The SMILES string of the molecule is CN1CCN(c2ccc3c(c2)C(c2cc(F)cc(F)c2)N(C)CCC3)CC1. The molecule has 2 aliphatic rings. The summed E-state index contributed by atoms with van der Waals surface area (Å²) in [6.07, 6.45) is 2.04. The van der Waals surface area contributed by atoms with E-state index < -0.39 is 11.6 Å². The van der Waals surface area contributed by atoms with Crippen molar-refractivity contribution in [2.24, 2.45) is 0 Å². The number of fused-ring (bicyclic) bond motifs is 1. The predicted molar refractivity (Wildman–Crippen MR) is 105 cm³/mol. The molecule has 1 atom stereocenters. The minimum Gasteiger partial charge on any atom is -0.369 e. The standard InChI is InChI=1S/C22H27F2N3/c1-25-8-10-27(11-9-25)20-6-5-16-4-3-7-26(2)22(21(16)15-20)17-12-18(23)14-19(24)13-17/h5-6,12-15,22H,3-4,7-11H2,1-2H3. The van der Waals surface area contributed by atoms with Crippen molar-refractivity contribution in [1.82, 2.24) is 9.80 Å². The minimum absolute atomic E-state index is 0.125. The predicted octanol–water partition coefficient (Wildman–Crippen LogP) is 3.68. The van der Waals surface area contributed by atoms with E-state index in [-0.39, 0.29) is 6.04 Å². The zero-order valence-corrected chi connectivity index (χ0v) is 16.1. The van der Waals surface area contributed by atoms with Gasteiger partial charge in [0.25, 0.3) is 0 Å². The zero-order chi connectivity index (χ0) is 19.0. The van der Waals surface area contributed by atoms with Crippen LogP contribution in [0.3, 0.4) is 0 Å². The van der Waals surface area contributed by atoms with Crippen molar-refractivity contribution in [3.8, 4) is 0 Å². The number of aryl methyl sites for hydroxylation is 1. The summed E-state index contributed by atoms with van der Waals surface area (Å²) in [7, 11) is 4.20. The molecule has 0 saturated carbocycles. The first-order chi connectivity index (χ1) is 13.0. The number of likely N-dealkylation sites (N-methyl/N-ethyl adjacent to an activating group) is 1. The summed E-state index contributed by atoms with van der Waals surface area (Å²) >= 11 is 0. The summed E-state index contributed by atoms with van der Waals surface area (Å²) < 4.78 is 27.8. The van der Waals surface area contributed by atoms with E-state index in [0.717, 1.165) is 51.6 Å². The third-order valence-corrected chi connectivity index (χ3v) is 5.89. The van der Waals surface area contributed by atoms with Crippen LogP contribution in [0.1, 0.15) is 29.2 Å². The summed E-state index contributed by atoms with van der Waals surface area (Å²) in [5, 5.41) is 0. The highest BCUT2D eigenvalue weighted by Crippen LogP contribution is 2.36. The van der Waals surface area contributed by atoms with Crippen LogP contribution in [-0.2, 0) is 6.42 Å². The largest absolute Gasteiger partial charge is 0.369 e. The van der Waals surface area contributed by atoms with Crippen LogP contribution in [0.5, 0.6) is 0 Å². The van der Waals surface area contributed by atoms with Crippen molar-refractivity contribution >= 4 is 5.69 Å². The Morgan fingerprint density at radius 2 is 1.56 bits per heavy atom. The van der Waals surface area contributed by atoms with E-state index in [1.807, 2.05) is 7.05 Å². The summed E-state index contributed by atoms with van der Waals surface area (Å²) in [5.41, 5.74) is 4.36. The van der Waals surface area contributed by atoms with Gasteiger partial charge in [-0.05, 0) is 74.4 Å². The van der Waals surface area contributed by atoms with E-state index in [1.165, 1.54) is 28.9 Å². The summed E-state index contributed by atoms with van der Waals surface area (Å²) in [5.74, 6) is -1.03. The average Bonchev–Trinajstić information content (AvgIpc) is 2.79. The molecule has 27 heavy (non-hydrogen) atoms. The van der Waals surface area contributed by atoms with Crippen LogP contribution in [-0.4, -0.2) is 56.6 Å². The maximum absolute atomic E-state index is 13.9. The lowest BCUT2D eigenvalue weighted by molar-refractivity contribution is 0.283. The van der Waals surface area contributed by atoms with Crippen LogP contribution in [0.25, 0.3) is 0 Å². The van der Waals surface area contributed by atoms with Crippen LogP contribution in [0.2, 0.25) is 0 Å². The monoisotopic (exact) mass is 371 g/mol. The van der Waals surface area contributed by atoms with Crippen molar-refractivity contribution in [2.45, 2.75) is 18.9 Å². The number of anilines is 1. The van der Waals surface area contributed by atoms with Crippen LogP contribution in [0.4, 0.5) is 14.5 Å². The van der Waals surface area contributed by atoms with Gasteiger partial charge in [0, 0.05) is 37.9 Å². The molecule has 2 heterocycles. The molecule has 2 aliphatic heterocycles. The maximum atomic E-state index is 13.9. The normalized spacial score (nSPS) is 21.8. The van der Waals surface area contributed by atoms with Gasteiger partial charge in [0.05, 0.1) is 6.04 Å². The molecule has 2 aromatic carbocycles. The molecule has 0 aliphatic carbocycles. The van der Waals surface area contributed by atoms with Crippen LogP contribution >= 0.6 is 0 Å². The summed E-state index contributed by atoms with van der Waals surface area (Å²) in [6.45, 7) is 5.02. The van der Waals surface area contributed by atoms with E-state index in [9.17, 15) is 8.78 Å². The van der Waals surface area contributed by atoms with E-state index in [0.29, 0.717) is 5.56 Å². The summed E-state index contributed by atoms with van der Waals surface area (Å²) in [6, 6.07) is 10.4. The van der Waals surface area contributed by atoms with Crippen LogP contribution in [0, 0.1) is 11.6 Å². The zero-order valence-electron chi connectivity index (χ0n) is 16.1. The topological polar surface area (TPSA) is 9.72 Å². The Kier molecular flexibility index (Phi) is 5.15. The van der Waals surface area contributed by atoms with Crippen molar-refractivity contribution in [1.29, 1.82) is 0 Å². The summed E-state index contributed by atoms with van der Waals surface area (Å²) in [4.78, 5) is 6.97. The van der Waals surface area contributed by atoms with Crippen molar-refractivity contribution in [3.63, 3.8) is 0 Å². The Labute approximate surface area is 160 Å². The highest BCUT2D eigenvalue weighted by molar-refractivity contribution is 5.54. The second-order valence-corrected chi connectivity index (χ2v) is 7.86. The Morgan fingerprint density at radius 3 is 2.26 bits per heavy atom. The molecule has 0 amide bonds. The second kappa shape index (κ2) is 7.56. The molecule has 144 valence electrons. The lowest BCUT2D eigenvalue weighted by Gasteiger charge is -2.35. The smallest absolute Gasteiger partial charge is 0.126 e. The number of rotatable bonds is 2. The molecule has 4 rings (SSSR count). The van der Waals surface area contributed by atoms with Crippen molar-refractivity contribution in [3.05, 3.63) is 64.7 Å². The fraction of sp³-hybridized carbons (Fsp3) is 0.455. The first kappa shape index (κ1) is 18.4. The fourth-order valence-electron chi connectivity index (χ4n) is 4.38. The molecular formula is C22H27F2N3. The minimum atomic E-state index is -0.514. The number of halogens is 2. The molecule has 3 nitrogen and oxygen atoms in total. The van der Waals surface area contributed by atoms with Crippen LogP contribution < -0.4 is 4.90 Å². The van der Waals surface area contributed by atoms with Gasteiger partial charge in [-0.25, -0.2) is 8.78 Å². The number of hydrogen-bond acceptors (Lipinski definition) is 3. The first-order valence-electron chi connectivity index (χ1n) is 9.74. The number of benzene rings is 2. The van der Waals surface area contributed by atoms with E-state index in [1.54, 1.807) is 0 Å². The lowest BCUT2D eigenvalue weighted by Crippen LogP contribution is -2.44. The van der Waals surface area contributed by atoms with Gasteiger partial charge in [-0.3, -0.25) is 4.90 Å². The molecule has 0 bridgehead atoms. The van der Waals surface area contributed by atoms with Crippen LogP contribution in [0.15, 0.2) is 36.4 Å². The highest BCUT2D eigenvalue weighted by atomic mass is 19.1. The molecule has 0 spiro atoms. The van der Waals surface area contributed by atoms with Gasteiger partial charge in [0.2, 0.25) is 0 Å².